The fourth-order valence-corrected chi connectivity index (χ4v) is 3.50. The van der Waals surface area contributed by atoms with Gasteiger partial charge >= 0.3 is 0 Å². The van der Waals surface area contributed by atoms with Crippen LogP contribution in [0.25, 0.3) is 0 Å². The van der Waals surface area contributed by atoms with E-state index in [2.05, 4.69) is 25.5 Å². The van der Waals surface area contributed by atoms with Crippen molar-refractivity contribution >= 4 is 38.9 Å². The van der Waals surface area contributed by atoms with Crippen molar-refractivity contribution in [2.45, 2.75) is 31.1 Å². The Morgan fingerprint density at radius 3 is 1.91 bits per heavy atom. The Hall–Kier alpha value is -1.43. The number of benzene rings is 2. The maximum Gasteiger partial charge on any atom is 0.261 e. The predicted octanol–water partition coefficient (Wildman–Crippen LogP) is 4.80. The number of aromatic hydroxyl groups is 1. The van der Waals surface area contributed by atoms with Crippen molar-refractivity contribution in [2.24, 2.45) is 0 Å². The molecule has 0 atom stereocenters. The van der Waals surface area contributed by atoms with E-state index >= 15 is 0 Å². The lowest BCUT2D eigenvalue weighted by molar-refractivity contribution is 0.476. The fraction of sp³-hybridized carbons (Fsp3) is 0.250. The summed E-state index contributed by atoms with van der Waals surface area (Å²) in [5.74, 6) is -0.286. The molecular formula is C16H17Cl2NO3S. The Balaban J connectivity index is 2.32. The first-order valence-electron chi connectivity index (χ1n) is 6.82. The van der Waals surface area contributed by atoms with Crippen LogP contribution in [-0.2, 0) is 15.4 Å². The molecule has 0 radical (unpaired) electrons. The molecule has 0 aliphatic carbocycles. The molecule has 0 fully saturated rings. The molecule has 0 spiro atoms. The zero-order valence-electron chi connectivity index (χ0n) is 12.9. The van der Waals surface area contributed by atoms with Crippen LogP contribution in [0, 0.1) is 0 Å². The van der Waals surface area contributed by atoms with Gasteiger partial charge in [0.05, 0.1) is 20.6 Å². The van der Waals surface area contributed by atoms with Crippen molar-refractivity contribution in [3.8, 4) is 5.75 Å². The molecule has 23 heavy (non-hydrogen) atoms. The third-order valence-corrected chi connectivity index (χ3v) is 5.27. The van der Waals surface area contributed by atoms with Gasteiger partial charge in [-0.15, -0.1) is 0 Å². The second-order valence-electron chi connectivity index (χ2n) is 6.17. The second kappa shape index (κ2) is 6.23. The molecule has 124 valence electrons. The van der Waals surface area contributed by atoms with Gasteiger partial charge in [0.2, 0.25) is 0 Å². The average molecular weight is 374 g/mol. The van der Waals surface area contributed by atoms with E-state index in [0.29, 0.717) is 0 Å². The number of phenolic OH excluding ortho intramolecular Hbond substituents is 1. The molecule has 2 N–H and O–H groups in total. The molecule has 0 heterocycles. The molecule has 0 amide bonds. The molecule has 0 aromatic heterocycles. The quantitative estimate of drug-likeness (QED) is 0.759. The van der Waals surface area contributed by atoms with Crippen LogP contribution in [0.4, 0.5) is 5.69 Å². The topological polar surface area (TPSA) is 66.4 Å². The van der Waals surface area contributed by atoms with Crippen LogP contribution in [-0.4, -0.2) is 13.5 Å². The molecular weight excluding hydrogens is 357 g/mol. The van der Waals surface area contributed by atoms with Gasteiger partial charge in [-0.3, -0.25) is 4.72 Å². The first-order chi connectivity index (χ1) is 10.5. The highest BCUT2D eigenvalue weighted by atomic mass is 35.5. The molecule has 0 saturated heterocycles. The summed E-state index contributed by atoms with van der Waals surface area (Å²) >= 11 is 11.6. The van der Waals surface area contributed by atoms with Gasteiger partial charge in [-0.2, -0.15) is 0 Å². The van der Waals surface area contributed by atoms with Crippen LogP contribution in [0.15, 0.2) is 41.3 Å². The molecule has 7 heteroatoms. The minimum Gasteiger partial charge on any atom is -0.505 e. The Kier molecular flexibility index (Phi) is 4.85. The number of nitrogens with one attached hydrogen (secondary N) is 1. The van der Waals surface area contributed by atoms with Crippen molar-refractivity contribution in [3.63, 3.8) is 0 Å². The summed E-state index contributed by atoms with van der Waals surface area (Å²) in [7, 11) is -3.77. The van der Waals surface area contributed by atoms with Gasteiger partial charge < -0.3 is 5.11 Å². The van der Waals surface area contributed by atoms with E-state index in [-0.39, 0.29) is 31.8 Å². The van der Waals surface area contributed by atoms with Crippen molar-refractivity contribution in [1.29, 1.82) is 0 Å². The van der Waals surface area contributed by atoms with E-state index in [4.69, 9.17) is 23.2 Å². The average Bonchev–Trinajstić information content (AvgIpc) is 2.43. The predicted molar refractivity (Wildman–Crippen MR) is 94.1 cm³/mol. The maximum atomic E-state index is 12.4. The molecule has 2 rings (SSSR count). The molecule has 4 nitrogen and oxygen atoms in total. The van der Waals surface area contributed by atoms with Crippen molar-refractivity contribution < 1.29 is 13.5 Å². The lowest BCUT2D eigenvalue weighted by Gasteiger charge is -2.19. The maximum absolute atomic E-state index is 12.4. The van der Waals surface area contributed by atoms with Gasteiger partial charge in [-0.05, 0) is 35.2 Å². The summed E-state index contributed by atoms with van der Waals surface area (Å²) < 4.78 is 27.2. The highest BCUT2D eigenvalue weighted by Crippen LogP contribution is 2.35. The number of phenols is 1. The molecule has 0 bridgehead atoms. The van der Waals surface area contributed by atoms with Gasteiger partial charge in [0, 0.05) is 0 Å². The Morgan fingerprint density at radius 1 is 1.00 bits per heavy atom. The van der Waals surface area contributed by atoms with Crippen molar-refractivity contribution in [3.05, 3.63) is 52.0 Å². The summed E-state index contributed by atoms with van der Waals surface area (Å²) in [5.41, 5.74) is 1.15. The standard InChI is InChI=1S/C16H17Cl2NO3S/c1-16(2,3)10-4-6-12(7-5-10)23(21,22)19-11-8-13(17)15(20)14(18)9-11/h4-9,19-20H,1-3H3. The minimum atomic E-state index is -3.77. The summed E-state index contributed by atoms with van der Waals surface area (Å²) in [4.78, 5) is 0.130. The third kappa shape index (κ3) is 4.10. The molecule has 2 aromatic rings. The monoisotopic (exact) mass is 373 g/mol. The highest BCUT2D eigenvalue weighted by Gasteiger charge is 2.18. The molecule has 2 aromatic carbocycles. The first-order valence-corrected chi connectivity index (χ1v) is 9.06. The SMILES string of the molecule is CC(C)(C)c1ccc(S(=O)(=O)Nc2cc(Cl)c(O)c(Cl)c2)cc1. The number of sulfonamides is 1. The van der Waals surface area contributed by atoms with Gasteiger partial charge in [-0.25, -0.2) is 8.42 Å². The lowest BCUT2D eigenvalue weighted by Crippen LogP contribution is -2.15. The minimum absolute atomic E-state index is 0.0294. The number of hydrogen-bond donors (Lipinski definition) is 2. The molecule has 0 aliphatic heterocycles. The van der Waals surface area contributed by atoms with Crippen LogP contribution >= 0.6 is 23.2 Å². The van der Waals surface area contributed by atoms with Gasteiger partial charge in [0.15, 0.2) is 5.75 Å². The van der Waals surface area contributed by atoms with Crippen LogP contribution in [0.5, 0.6) is 5.75 Å². The number of rotatable bonds is 3. The smallest absolute Gasteiger partial charge is 0.261 e. The van der Waals surface area contributed by atoms with Crippen molar-refractivity contribution in [1.82, 2.24) is 0 Å². The second-order valence-corrected chi connectivity index (χ2v) is 8.67. The van der Waals surface area contributed by atoms with Crippen LogP contribution in [0.2, 0.25) is 10.0 Å². The zero-order chi connectivity index (χ0) is 17.4. The van der Waals surface area contributed by atoms with Crippen LogP contribution in [0.1, 0.15) is 26.3 Å². The number of halogens is 2. The summed E-state index contributed by atoms with van der Waals surface area (Å²) in [6, 6.07) is 9.25. The van der Waals surface area contributed by atoms with Gasteiger partial charge in [0.25, 0.3) is 10.0 Å². The largest absolute Gasteiger partial charge is 0.505 e. The zero-order valence-corrected chi connectivity index (χ0v) is 15.2. The van der Waals surface area contributed by atoms with E-state index in [1.165, 1.54) is 12.1 Å². The molecule has 0 saturated carbocycles. The van der Waals surface area contributed by atoms with E-state index < -0.39 is 10.0 Å². The normalized spacial score (nSPS) is 12.2. The fourth-order valence-electron chi connectivity index (χ4n) is 1.97. The van der Waals surface area contributed by atoms with E-state index in [1.807, 2.05) is 0 Å². The van der Waals surface area contributed by atoms with Crippen LogP contribution in [0.3, 0.4) is 0 Å². The Morgan fingerprint density at radius 2 is 1.48 bits per heavy atom. The third-order valence-electron chi connectivity index (χ3n) is 3.30. The first kappa shape index (κ1) is 17.9. The van der Waals surface area contributed by atoms with Crippen molar-refractivity contribution in [2.75, 3.05) is 4.72 Å². The Bertz CT molecular complexity index is 802. The number of hydrogen-bond acceptors (Lipinski definition) is 3. The molecule has 0 unspecified atom stereocenters. The van der Waals surface area contributed by atoms with E-state index in [9.17, 15) is 13.5 Å². The highest BCUT2D eigenvalue weighted by molar-refractivity contribution is 7.92. The number of anilines is 1. The summed E-state index contributed by atoms with van der Waals surface area (Å²) in [6.07, 6.45) is 0. The van der Waals surface area contributed by atoms with E-state index in [1.54, 1.807) is 24.3 Å². The van der Waals surface area contributed by atoms with E-state index in [0.717, 1.165) is 5.56 Å². The van der Waals surface area contributed by atoms with Gasteiger partial charge in [-0.1, -0.05) is 56.1 Å². The van der Waals surface area contributed by atoms with Crippen LogP contribution < -0.4 is 4.72 Å². The lowest BCUT2D eigenvalue weighted by atomic mass is 9.87. The summed E-state index contributed by atoms with van der Waals surface area (Å²) in [5, 5.41) is 9.45. The van der Waals surface area contributed by atoms with Gasteiger partial charge in [0.1, 0.15) is 0 Å². The molecule has 0 aliphatic rings. The summed E-state index contributed by atoms with van der Waals surface area (Å²) in [6.45, 7) is 6.15. The Labute approximate surface area is 146 Å².